The van der Waals surface area contributed by atoms with Gasteiger partial charge in [-0.15, -0.1) is 10.2 Å². The highest BCUT2D eigenvalue weighted by molar-refractivity contribution is 5.73. The summed E-state index contributed by atoms with van der Waals surface area (Å²) < 4.78 is 12.5. The van der Waals surface area contributed by atoms with Gasteiger partial charge in [-0.25, -0.2) is 0 Å². The highest BCUT2D eigenvalue weighted by Crippen LogP contribution is 2.18. The first kappa shape index (κ1) is 15.9. The van der Waals surface area contributed by atoms with Crippen molar-refractivity contribution in [1.82, 2.24) is 20.0 Å². The highest BCUT2D eigenvalue weighted by atomic mass is 16.5. The standard InChI is InChI=1S/C17H18N4O3/c1-11-14(12(2)21(3)20-11)9-16(22)23-10-15-18-19-17(24-15)13-7-5-4-6-8-13/h4-8H,9-10H2,1-3H3. The van der Waals surface area contributed by atoms with Crippen LogP contribution in [-0.2, 0) is 29.6 Å². The fraction of sp³-hybridized carbons (Fsp3) is 0.294. The van der Waals surface area contributed by atoms with E-state index < -0.39 is 0 Å². The van der Waals surface area contributed by atoms with Crippen molar-refractivity contribution in [1.29, 1.82) is 0 Å². The number of aryl methyl sites for hydroxylation is 2. The smallest absolute Gasteiger partial charge is 0.310 e. The lowest BCUT2D eigenvalue weighted by molar-refractivity contribution is -0.144. The number of aromatic nitrogens is 4. The molecule has 0 spiro atoms. The fourth-order valence-corrected chi connectivity index (χ4v) is 2.42. The minimum atomic E-state index is -0.353. The second-order valence-electron chi connectivity index (χ2n) is 5.48. The molecule has 3 rings (SSSR count). The number of hydrogen-bond donors (Lipinski definition) is 0. The molecule has 0 aliphatic heterocycles. The van der Waals surface area contributed by atoms with Crippen LogP contribution in [0.1, 0.15) is 22.8 Å². The Morgan fingerprint density at radius 3 is 2.62 bits per heavy atom. The summed E-state index contributed by atoms with van der Waals surface area (Å²) in [5.74, 6) is 0.316. The molecule has 3 aromatic rings. The molecule has 0 fully saturated rings. The van der Waals surface area contributed by atoms with Gasteiger partial charge in [-0.05, 0) is 26.0 Å². The fourth-order valence-electron chi connectivity index (χ4n) is 2.42. The van der Waals surface area contributed by atoms with Gasteiger partial charge in [0.05, 0.1) is 12.1 Å². The Labute approximate surface area is 139 Å². The van der Waals surface area contributed by atoms with Crippen LogP contribution in [-0.4, -0.2) is 25.9 Å². The van der Waals surface area contributed by atoms with E-state index in [1.165, 1.54) is 0 Å². The third kappa shape index (κ3) is 3.34. The summed E-state index contributed by atoms with van der Waals surface area (Å²) in [6.45, 7) is 3.75. The summed E-state index contributed by atoms with van der Waals surface area (Å²) >= 11 is 0. The summed E-state index contributed by atoms with van der Waals surface area (Å²) in [7, 11) is 1.85. The average molecular weight is 326 g/mol. The van der Waals surface area contributed by atoms with Crippen LogP contribution in [0.2, 0.25) is 0 Å². The van der Waals surface area contributed by atoms with Gasteiger partial charge in [0.1, 0.15) is 0 Å². The third-order valence-corrected chi connectivity index (χ3v) is 3.82. The second-order valence-corrected chi connectivity index (χ2v) is 5.48. The van der Waals surface area contributed by atoms with Gasteiger partial charge in [0, 0.05) is 23.9 Å². The lowest BCUT2D eigenvalue weighted by atomic mass is 10.1. The van der Waals surface area contributed by atoms with Gasteiger partial charge in [-0.1, -0.05) is 18.2 Å². The Balaban J connectivity index is 1.60. The van der Waals surface area contributed by atoms with Gasteiger partial charge in [0.15, 0.2) is 6.61 Å². The van der Waals surface area contributed by atoms with Crippen molar-refractivity contribution in [2.24, 2.45) is 7.05 Å². The predicted octanol–water partition coefficient (Wildman–Crippen LogP) is 2.37. The molecule has 0 N–H and O–H groups in total. The molecule has 0 saturated heterocycles. The molecule has 24 heavy (non-hydrogen) atoms. The number of ether oxygens (including phenoxy) is 1. The average Bonchev–Trinajstić information content (AvgIpc) is 3.15. The minimum absolute atomic E-state index is 0.0446. The Bertz CT molecular complexity index is 852. The molecule has 2 aromatic heterocycles. The quantitative estimate of drug-likeness (QED) is 0.669. The van der Waals surface area contributed by atoms with Crippen molar-refractivity contribution in [3.05, 3.63) is 53.2 Å². The van der Waals surface area contributed by atoms with Crippen LogP contribution in [0.4, 0.5) is 0 Å². The van der Waals surface area contributed by atoms with Crippen LogP contribution in [0.15, 0.2) is 34.7 Å². The molecule has 2 heterocycles. The van der Waals surface area contributed by atoms with Gasteiger partial charge in [0.2, 0.25) is 5.89 Å². The molecule has 0 unspecified atom stereocenters. The Kier molecular flexibility index (Phi) is 4.41. The number of carbonyl (C=O) groups is 1. The van der Waals surface area contributed by atoms with E-state index in [1.807, 2.05) is 51.2 Å². The molecule has 0 radical (unpaired) electrons. The highest BCUT2D eigenvalue weighted by Gasteiger charge is 2.16. The first-order valence-corrected chi connectivity index (χ1v) is 7.57. The maximum absolute atomic E-state index is 12.0. The number of esters is 1. The topological polar surface area (TPSA) is 83.0 Å². The van der Waals surface area contributed by atoms with Gasteiger partial charge in [-0.3, -0.25) is 9.48 Å². The maximum Gasteiger partial charge on any atom is 0.310 e. The molecule has 0 aliphatic carbocycles. The molecule has 1 aromatic carbocycles. The molecule has 0 aliphatic rings. The van der Waals surface area contributed by atoms with Crippen molar-refractivity contribution < 1.29 is 13.9 Å². The van der Waals surface area contributed by atoms with Gasteiger partial charge < -0.3 is 9.15 Å². The Hall–Kier alpha value is -2.96. The zero-order valence-corrected chi connectivity index (χ0v) is 13.8. The van der Waals surface area contributed by atoms with Crippen LogP contribution >= 0.6 is 0 Å². The predicted molar refractivity (Wildman–Crippen MR) is 85.9 cm³/mol. The Morgan fingerprint density at radius 1 is 1.21 bits per heavy atom. The number of hydrogen-bond acceptors (Lipinski definition) is 6. The van der Waals surface area contributed by atoms with Crippen LogP contribution < -0.4 is 0 Å². The van der Waals surface area contributed by atoms with E-state index in [0.717, 1.165) is 22.5 Å². The van der Waals surface area contributed by atoms with Crippen LogP contribution in [0.25, 0.3) is 11.5 Å². The zero-order chi connectivity index (χ0) is 17.1. The van der Waals surface area contributed by atoms with Crippen molar-refractivity contribution in [3.8, 4) is 11.5 Å². The Morgan fingerprint density at radius 2 is 1.96 bits per heavy atom. The SMILES string of the molecule is Cc1nn(C)c(C)c1CC(=O)OCc1nnc(-c2ccccc2)o1. The molecule has 0 atom stereocenters. The zero-order valence-electron chi connectivity index (χ0n) is 13.8. The lowest BCUT2D eigenvalue weighted by Gasteiger charge is -2.03. The van der Waals surface area contributed by atoms with E-state index in [9.17, 15) is 4.79 Å². The van der Waals surface area contributed by atoms with E-state index in [1.54, 1.807) is 4.68 Å². The molecule has 0 bridgehead atoms. The van der Waals surface area contributed by atoms with Crippen molar-refractivity contribution in [3.63, 3.8) is 0 Å². The van der Waals surface area contributed by atoms with E-state index in [4.69, 9.17) is 9.15 Å². The van der Waals surface area contributed by atoms with Crippen LogP contribution in [0.5, 0.6) is 0 Å². The van der Waals surface area contributed by atoms with Crippen molar-refractivity contribution in [2.75, 3.05) is 0 Å². The molecular formula is C17H18N4O3. The molecular weight excluding hydrogens is 308 g/mol. The van der Waals surface area contributed by atoms with Gasteiger partial charge in [-0.2, -0.15) is 5.10 Å². The number of carbonyl (C=O) groups excluding carboxylic acids is 1. The molecule has 7 nitrogen and oxygen atoms in total. The van der Waals surface area contributed by atoms with E-state index in [0.29, 0.717) is 5.89 Å². The number of nitrogens with zero attached hydrogens (tertiary/aromatic N) is 4. The van der Waals surface area contributed by atoms with Crippen molar-refractivity contribution in [2.45, 2.75) is 26.9 Å². The second kappa shape index (κ2) is 6.66. The molecule has 0 amide bonds. The van der Waals surface area contributed by atoms with Crippen molar-refractivity contribution >= 4 is 5.97 Å². The first-order valence-electron chi connectivity index (χ1n) is 7.57. The van der Waals surface area contributed by atoms with Gasteiger partial charge in [0.25, 0.3) is 5.89 Å². The maximum atomic E-state index is 12.0. The lowest BCUT2D eigenvalue weighted by Crippen LogP contribution is -2.09. The van der Waals surface area contributed by atoms with Crippen LogP contribution in [0.3, 0.4) is 0 Å². The molecule has 0 saturated carbocycles. The number of benzene rings is 1. The summed E-state index contributed by atoms with van der Waals surface area (Å²) in [5.41, 5.74) is 3.49. The first-order chi connectivity index (χ1) is 11.5. The summed E-state index contributed by atoms with van der Waals surface area (Å²) in [6, 6.07) is 9.43. The number of rotatable bonds is 5. The largest absolute Gasteiger partial charge is 0.455 e. The third-order valence-electron chi connectivity index (χ3n) is 3.82. The monoisotopic (exact) mass is 326 g/mol. The summed E-state index contributed by atoms with van der Waals surface area (Å²) in [4.78, 5) is 12.0. The normalized spacial score (nSPS) is 10.8. The van der Waals surface area contributed by atoms with E-state index in [-0.39, 0.29) is 24.9 Å². The van der Waals surface area contributed by atoms with Gasteiger partial charge >= 0.3 is 5.97 Å². The molecule has 124 valence electrons. The van der Waals surface area contributed by atoms with E-state index >= 15 is 0 Å². The summed E-state index contributed by atoms with van der Waals surface area (Å²) in [5, 5.41) is 12.1. The molecule has 7 heteroatoms. The minimum Gasteiger partial charge on any atom is -0.455 e. The van der Waals surface area contributed by atoms with Crippen LogP contribution in [0, 0.1) is 13.8 Å². The van der Waals surface area contributed by atoms with E-state index in [2.05, 4.69) is 15.3 Å². The summed E-state index contributed by atoms with van der Waals surface area (Å²) in [6.07, 6.45) is 0.172.